The van der Waals surface area contributed by atoms with Gasteiger partial charge in [-0.05, 0) is 5.92 Å². The van der Waals surface area contributed by atoms with Crippen molar-refractivity contribution in [2.24, 2.45) is 11.8 Å². The molecule has 1 unspecified atom stereocenters. The Morgan fingerprint density at radius 1 is 1.47 bits per heavy atom. The normalized spacial score (nSPS) is 12.4. The van der Waals surface area contributed by atoms with Gasteiger partial charge in [0.25, 0.3) is 5.91 Å². The van der Waals surface area contributed by atoms with Crippen LogP contribution >= 0.6 is 0 Å². The zero-order chi connectivity index (χ0) is 13.0. The van der Waals surface area contributed by atoms with E-state index in [9.17, 15) is 14.4 Å². The molecule has 0 spiro atoms. The highest BCUT2D eigenvalue weighted by atomic mass is 16.4. The van der Waals surface area contributed by atoms with Gasteiger partial charge < -0.3 is 20.4 Å². The molecule has 94 valence electrons. The first-order valence-corrected chi connectivity index (χ1v) is 5.20. The number of nitrogens with one attached hydrogen (secondary N) is 3. The molecule has 0 aliphatic heterocycles. The Hall–Kier alpha value is -2.05. The summed E-state index contributed by atoms with van der Waals surface area (Å²) in [5.41, 5.74) is -0.392. The van der Waals surface area contributed by atoms with Gasteiger partial charge in [0.05, 0.1) is 5.92 Å². The molecule has 0 aliphatic rings. The lowest BCUT2D eigenvalue weighted by Gasteiger charge is -2.16. The maximum Gasteiger partial charge on any atom is 0.323 e. The van der Waals surface area contributed by atoms with Gasteiger partial charge in [-0.15, -0.1) is 0 Å². The number of carboxylic acid groups (broad SMARTS) is 1. The van der Waals surface area contributed by atoms with Crippen LogP contribution in [0.5, 0.6) is 0 Å². The number of aliphatic carboxylic acids is 1. The Balaban J connectivity index is 2.58. The Morgan fingerprint density at radius 3 is 2.53 bits per heavy atom. The highest BCUT2D eigenvalue weighted by Crippen LogP contribution is 2.09. The van der Waals surface area contributed by atoms with Crippen molar-refractivity contribution in [1.82, 2.24) is 15.3 Å². The van der Waals surface area contributed by atoms with Crippen molar-refractivity contribution >= 4 is 11.9 Å². The molecule has 1 aromatic rings. The summed E-state index contributed by atoms with van der Waals surface area (Å²) < 4.78 is 0. The number of imidazole rings is 1. The third kappa shape index (κ3) is 3.47. The largest absolute Gasteiger partial charge is 0.481 e. The molecule has 0 radical (unpaired) electrons. The number of aromatic nitrogens is 2. The van der Waals surface area contributed by atoms with E-state index in [1.807, 2.05) is 0 Å². The van der Waals surface area contributed by atoms with Crippen molar-refractivity contribution in [3.63, 3.8) is 0 Å². The number of hydrogen-bond acceptors (Lipinski definition) is 3. The number of amides is 1. The van der Waals surface area contributed by atoms with Crippen LogP contribution in [0.1, 0.15) is 24.3 Å². The van der Waals surface area contributed by atoms with Gasteiger partial charge in [-0.1, -0.05) is 13.8 Å². The summed E-state index contributed by atoms with van der Waals surface area (Å²) in [7, 11) is 0. The van der Waals surface area contributed by atoms with Crippen molar-refractivity contribution in [2.45, 2.75) is 13.8 Å². The predicted octanol–water partition coefficient (Wildman–Crippen LogP) is -0.210. The van der Waals surface area contributed by atoms with Crippen molar-refractivity contribution in [2.75, 3.05) is 6.54 Å². The summed E-state index contributed by atoms with van der Waals surface area (Å²) in [6, 6.07) is 0. The molecular formula is C10H15N3O4. The molecule has 1 atom stereocenters. The molecule has 0 bridgehead atoms. The van der Waals surface area contributed by atoms with Gasteiger partial charge in [-0.2, -0.15) is 0 Å². The van der Waals surface area contributed by atoms with Crippen LogP contribution in [0, 0.1) is 11.8 Å². The van der Waals surface area contributed by atoms with E-state index in [-0.39, 0.29) is 18.2 Å². The fraction of sp³-hybridized carbons (Fsp3) is 0.500. The van der Waals surface area contributed by atoms with Gasteiger partial charge >= 0.3 is 11.7 Å². The number of carbonyl (C=O) groups excluding carboxylic acids is 1. The third-order valence-electron chi connectivity index (χ3n) is 2.44. The molecule has 0 aromatic carbocycles. The average molecular weight is 241 g/mol. The minimum Gasteiger partial charge on any atom is -0.481 e. The fourth-order valence-electron chi connectivity index (χ4n) is 1.36. The van der Waals surface area contributed by atoms with Crippen LogP contribution in [-0.2, 0) is 4.79 Å². The fourth-order valence-corrected chi connectivity index (χ4v) is 1.36. The number of carbonyl (C=O) groups is 2. The molecule has 17 heavy (non-hydrogen) atoms. The molecule has 4 N–H and O–H groups in total. The van der Waals surface area contributed by atoms with Crippen molar-refractivity contribution < 1.29 is 14.7 Å². The minimum atomic E-state index is -0.956. The van der Waals surface area contributed by atoms with E-state index in [0.29, 0.717) is 0 Å². The highest BCUT2D eigenvalue weighted by Gasteiger charge is 2.22. The van der Waals surface area contributed by atoms with Gasteiger partial charge in [-0.3, -0.25) is 9.59 Å². The van der Waals surface area contributed by atoms with E-state index in [2.05, 4.69) is 15.3 Å². The van der Waals surface area contributed by atoms with Crippen LogP contribution in [0.3, 0.4) is 0 Å². The third-order valence-corrected chi connectivity index (χ3v) is 2.44. The van der Waals surface area contributed by atoms with Crippen LogP contribution < -0.4 is 11.0 Å². The van der Waals surface area contributed by atoms with Gasteiger partial charge in [-0.25, -0.2) is 4.79 Å². The topological polar surface area (TPSA) is 115 Å². The number of hydrogen-bond donors (Lipinski definition) is 4. The Bertz CT molecular complexity index is 460. The number of rotatable bonds is 5. The quantitative estimate of drug-likeness (QED) is 0.570. The van der Waals surface area contributed by atoms with E-state index in [0.717, 1.165) is 0 Å². The summed E-state index contributed by atoms with van der Waals surface area (Å²) in [6.45, 7) is 3.56. The van der Waals surface area contributed by atoms with Crippen molar-refractivity contribution in [3.8, 4) is 0 Å². The molecule has 0 fully saturated rings. The van der Waals surface area contributed by atoms with Gasteiger partial charge in [0.2, 0.25) is 0 Å². The molecule has 1 aromatic heterocycles. The maximum atomic E-state index is 11.5. The van der Waals surface area contributed by atoms with Crippen LogP contribution in [0.4, 0.5) is 0 Å². The molecule has 7 nitrogen and oxygen atoms in total. The predicted molar refractivity (Wildman–Crippen MR) is 59.7 cm³/mol. The molecular weight excluding hydrogens is 226 g/mol. The molecule has 0 saturated carbocycles. The van der Waals surface area contributed by atoms with E-state index >= 15 is 0 Å². The second-order valence-electron chi connectivity index (χ2n) is 4.06. The minimum absolute atomic E-state index is 0.0268. The smallest absolute Gasteiger partial charge is 0.323 e. The first-order valence-electron chi connectivity index (χ1n) is 5.20. The summed E-state index contributed by atoms with van der Waals surface area (Å²) in [5, 5.41) is 11.4. The Labute approximate surface area is 97.2 Å². The zero-order valence-electron chi connectivity index (χ0n) is 9.61. The van der Waals surface area contributed by atoms with Crippen LogP contribution in [0.2, 0.25) is 0 Å². The van der Waals surface area contributed by atoms with Gasteiger partial charge in [0, 0.05) is 12.7 Å². The Kier molecular flexibility index (Phi) is 4.08. The monoisotopic (exact) mass is 241 g/mol. The van der Waals surface area contributed by atoms with E-state index < -0.39 is 23.5 Å². The number of H-pyrrole nitrogens is 2. The van der Waals surface area contributed by atoms with Gasteiger partial charge in [0.15, 0.2) is 0 Å². The standard InChI is InChI=1S/C10H15N3O4/c1-5(2)6(9(15)16)3-11-8(14)7-4-12-10(17)13-7/h4-6H,3H2,1-2H3,(H,11,14)(H,15,16)(H2,12,13,17). The average Bonchev–Trinajstić information content (AvgIpc) is 2.63. The van der Waals surface area contributed by atoms with Crippen LogP contribution in [0.15, 0.2) is 11.0 Å². The zero-order valence-corrected chi connectivity index (χ0v) is 9.61. The first kappa shape index (κ1) is 13.0. The van der Waals surface area contributed by atoms with Crippen LogP contribution in [0.25, 0.3) is 0 Å². The maximum absolute atomic E-state index is 11.5. The molecule has 0 saturated heterocycles. The second kappa shape index (κ2) is 5.33. The number of carboxylic acids is 1. The van der Waals surface area contributed by atoms with Crippen LogP contribution in [-0.4, -0.2) is 33.5 Å². The first-order chi connectivity index (χ1) is 7.91. The molecule has 1 amide bonds. The Morgan fingerprint density at radius 2 is 2.12 bits per heavy atom. The van der Waals surface area contributed by atoms with Gasteiger partial charge in [0.1, 0.15) is 5.69 Å². The molecule has 0 aliphatic carbocycles. The highest BCUT2D eigenvalue weighted by molar-refractivity contribution is 5.92. The molecule has 7 heteroatoms. The van der Waals surface area contributed by atoms with E-state index in [1.54, 1.807) is 13.8 Å². The lowest BCUT2D eigenvalue weighted by atomic mass is 9.96. The lowest BCUT2D eigenvalue weighted by molar-refractivity contribution is -0.142. The van der Waals surface area contributed by atoms with Crippen molar-refractivity contribution in [3.05, 3.63) is 22.4 Å². The summed E-state index contributed by atoms with van der Waals surface area (Å²) in [5.74, 6) is -2.19. The number of aromatic amines is 2. The summed E-state index contributed by atoms with van der Waals surface area (Å²) in [6.07, 6.45) is 1.24. The molecule has 1 rings (SSSR count). The van der Waals surface area contributed by atoms with E-state index in [1.165, 1.54) is 6.20 Å². The van der Waals surface area contributed by atoms with E-state index in [4.69, 9.17) is 5.11 Å². The molecule has 1 heterocycles. The second-order valence-corrected chi connectivity index (χ2v) is 4.06. The SMILES string of the molecule is CC(C)C(CNC(=O)c1c[nH]c(=O)[nH]1)C(=O)O. The lowest BCUT2D eigenvalue weighted by Crippen LogP contribution is -2.35. The van der Waals surface area contributed by atoms with Crippen molar-refractivity contribution in [1.29, 1.82) is 0 Å². The summed E-state index contributed by atoms with van der Waals surface area (Å²) >= 11 is 0. The summed E-state index contributed by atoms with van der Waals surface area (Å²) in [4.78, 5) is 37.7.